The average Bonchev–Trinajstić information content (AvgIpc) is 3.08. The number of nitrogens with two attached hydrogens (primary N) is 1. The van der Waals surface area contributed by atoms with Crippen molar-refractivity contribution in [3.63, 3.8) is 0 Å². The van der Waals surface area contributed by atoms with Crippen LogP contribution in [0.3, 0.4) is 0 Å². The van der Waals surface area contributed by atoms with Crippen LogP contribution in [-0.2, 0) is 4.74 Å². The van der Waals surface area contributed by atoms with E-state index in [1.54, 1.807) is 11.8 Å². The number of nitrogen functional groups attached to an aromatic ring is 1. The molecule has 3 N–H and O–H groups in total. The van der Waals surface area contributed by atoms with Crippen LogP contribution in [0.5, 0.6) is 0 Å². The molecule has 1 aromatic rings. The van der Waals surface area contributed by atoms with Gasteiger partial charge in [0.05, 0.1) is 4.90 Å². The Morgan fingerprint density at radius 1 is 1.59 bits per heavy atom. The summed E-state index contributed by atoms with van der Waals surface area (Å²) in [6.07, 6.45) is 5.76. The van der Waals surface area contributed by atoms with Gasteiger partial charge in [-0.1, -0.05) is 0 Å². The van der Waals surface area contributed by atoms with E-state index in [4.69, 9.17) is 10.5 Å². The minimum absolute atomic E-state index is 0.634. The summed E-state index contributed by atoms with van der Waals surface area (Å²) >= 11 is 3.07. The zero-order valence-corrected chi connectivity index (χ0v) is 11.7. The molecule has 0 atom stereocenters. The lowest BCUT2D eigenvalue weighted by atomic mass is 10.4. The third-order valence-electron chi connectivity index (χ3n) is 2.68. The minimum atomic E-state index is 0.634. The fraction of sp³-hybridized carbons (Fsp3) is 0.727. The van der Waals surface area contributed by atoms with E-state index in [1.807, 2.05) is 6.26 Å². The Bertz CT molecular complexity index is 352. The Kier molecular flexibility index (Phi) is 4.94. The highest BCUT2D eigenvalue weighted by Gasteiger charge is 2.20. The molecule has 1 fully saturated rings. The van der Waals surface area contributed by atoms with E-state index in [0.717, 1.165) is 42.0 Å². The van der Waals surface area contributed by atoms with Crippen LogP contribution in [0.2, 0.25) is 0 Å². The van der Waals surface area contributed by atoms with Crippen LogP contribution in [0.4, 0.5) is 10.8 Å². The smallest absolute Gasteiger partial charge is 0.153 e. The number of hydrogen-bond donors (Lipinski definition) is 2. The summed E-state index contributed by atoms with van der Waals surface area (Å²) in [5, 5.41) is 4.44. The van der Waals surface area contributed by atoms with E-state index >= 15 is 0 Å². The Morgan fingerprint density at radius 2 is 2.41 bits per heavy atom. The maximum Gasteiger partial charge on any atom is 0.153 e. The third kappa shape index (κ3) is 4.04. The lowest BCUT2D eigenvalue weighted by Gasteiger charge is -2.06. The fourth-order valence-electron chi connectivity index (χ4n) is 1.51. The van der Waals surface area contributed by atoms with E-state index in [0.29, 0.717) is 5.82 Å². The second kappa shape index (κ2) is 6.47. The Labute approximate surface area is 110 Å². The quantitative estimate of drug-likeness (QED) is 0.563. The summed E-state index contributed by atoms with van der Waals surface area (Å²) in [5.74, 6) is 1.49. The second-order valence-electron chi connectivity index (χ2n) is 4.23. The first-order chi connectivity index (χ1) is 8.31. The van der Waals surface area contributed by atoms with Crippen LogP contribution in [0.25, 0.3) is 0 Å². The number of hydrogen-bond acceptors (Lipinski definition) is 6. The van der Waals surface area contributed by atoms with Gasteiger partial charge in [-0.2, -0.15) is 4.37 Å². The molecule has 0 spiro atoms. The average molecular weight is 273 g/mol. The molecule has 1 aliphatic carbocycles. The summed E-state index contributed by atoms with van der Waals surface area (Å²) in [6.45, 7) is 2.70. The molecule has 0 bridgehead atoms. The number of aromatic nitrogens is 1. The van der Waals surface area contributed by atoms with E-state index in [-0.39, 0.29) is 0 Å². The predicted octanol–water partition coefficient (Wildman–Crippen LogP) is 2.68. The molecule has 1 saturated carbocycles. The number of nitrogens with zero attached hydrogens (tertiary/aromatic N) is 1. The Balaban J connectivity index is 1.59. The molecule has 2 rings (SSSR count). The van der Waals surface area contributed by atoms with Crippen molar-refractivity contribution < 1.29 is 4.74 Å². The summed E-state index contributed by atoms with van der Waals surface area (Å²) in [5.41, 5.74) is 5.76. The molecule has 0 amide bonds. The van der Waals surface area contributed by atoms with Gasteiger partial charge in [0.2, 0.25) is 0 Å². The first-order valence-electron chi connectivity index (χ1n) is 5.92. The van der Waals surface area contributed by atoms with Gasteiger partial charge in [-0.15, -0.1) is 11.8 Å². The molecular formula is C11H19N3OS2. The molecule has 0 radical (unpaired) electrons. The van der Waals surface area contributed by atoms with Crippen LogP contribution in [0, 0.1) is 5.92 Å². The first kappa shape index (κ1) is 13.0. The molecule has 0 saturated heterocycles. The van der Waals surface area contributed by atoms with Gasteiger partial charge in [-0.3, -0.25) is 0 Å². The minimum Gasteiger partial charge on any atom is -0.382 e. The maximum atomic E-state index is 5.76. The van der Waals surface area contributed by atoms with Crippen molar-refractivity contribution in [1.29, 1.82) is 0 Å². The van der Waals surface area contributed by atoms with Gasteiger partial charge in [-0.25, -0.2) is 0 Å². The van der Waals surface area contributed by atoms with Gasteiger partial charge >= 0.3 is 0 Å². The summed E-state index contributed by atoms with van der Waals surface area (Å²) < 4.78 is 9.71. The molecule has 4 nitrogen and oxygen atoms in total. The SMILES string of the molecule is CSc1c(N)nsc1NCCCOCC1CC1. The van der Waals surface area contributed by atoms with E-state index in [2.05, 4.69) is 9.69 Å². The van der Waals surface area contributed by atoms with Gasteiger partial charge in [0.25, 0.3) is 0 Å². The van der Waals surface area contributed by atoms with Crippen LogP contribution in [0.1, 0.15) is 19.3 Å². The van der Waals surface area contributed by atoms with Gasteiger partial charge < -0.3 is 15.8 Å². The Morgan fingerprint density at radius 3 is 3.12 bits per heavy atom. The number of thioether (sulfide) groups is 1. The van der Waals surface area contributed by atoms with Crippen LogP contribution < -0.4 is 11.1 Å². The lowest BCUT2D eigenvalue weighted by molar-refractivity contribution is 0.124. The van der Waals surface area contributed by atoms with Crippen molar-refractivity contribution in [3.05, 3.63) is 0 Å². The van der Waals surface area contributed by atoms with Crippen molar-refractivity contribution >= 4 is 34.1 Å². The molecule has 1 heterocycles. The summed E-state index contributed by atoms with van der Waals surface area (Å²) in [7, 11) is 0. The molecule has 1 aliphatic rings. The first-order valence-corrected chi connectivity index (χ1v) is 7.92. The number of ether oxygens (including phenoxy) is 1. The molecule has 96 valence electrons. The predicted molar refractivity (Wildman–Crippen MR) is 75.0 cm³/mol. The highest BCUT2D eigenvalue weighted by Crippen LogP contribution is 2.34. The van der Waals surface area contributed by atoms with E-state index in [1.165, 1.54) is 24.4 Å². The maximum absolute atomic E-state index is 5.76. The topological polar surface area (TPSA) is 60.2 Å². The van der Waals surface area contributed by atoms with Crippen molar-refractivity contribution in [2.45, 2.75) is 24.2 Å². The highest BCUT2D eigenvalue weighted by molar-refractivity contribution is 7.99. The molecular weight excluding hydrogens is 254 g/mol. The van der Waals surface area contributed by atoms with Gasteiger partial charge in [0, 0.05) is 19.8 Å². The Hall–Kier alpha value is -0.460. The van der Waals surface area contributed by atoms with Crippen LogP contribution in [-0.4, -0.2) is 30.4 Å². The lowest BCUT2D eigenvalue weighted by Crippen LogP contribution is -2.06. The van der Waals surface area contributed by atoms with Crippen LogP contribution in [0.15, 0.2) is 4.90 Å². The highest BCUT2D eigenvalue weighted by atomic mass is 32.2. The standard InChI is InChI=1S/C11H19N3OS2/c1-16-9-10(12)14-17-11(9)13-5-2-6-15-7-8-3-4-8/h8,13H,2-7H2,1H3,(H2,12,14). The van der Waals surface area contributed by atoms with Gasteiger partial charge in [0.1, 0.15) is 5.00 Å². The number of nitrogens with one attached hydrogen (secondary N) is 1. The van der Waals surface area contributed by atoms with Crippen molar-refractivity contribution in [2.24, 2.45) is 5.92 Å². The second-order valence-corrected chi connectivity index (χ2v) is 5.82. The van der Waals surface area contributed by atoms with Crippen molar-refractivity contribution in [3.8, 4) is 0 Å². The van der Waals surface area contributed by atoms with E-state index < -0.39 is 0 Å². The van der Waals surface area contributed by atoms with Crippen molar-refractivity contribution in [1.82, 2.24) is 4.37 Å². The van der Waals surface area contributed by atoms with Crippen molar-refractivity contribution in [2.75, 3.05) is 37.1 Å². The van der Waals surface area contributed by atoms with E-state index in [9.17, 15) is 0 Å². The molecule has 17 heavy (non-hydrogen) atoms. The van der Waals surface area contributed by atoms with Crippen LogP contribution >= 0.6 is 23.3 Å². The van der Waals surface area contributed by atoms with Gasteiger partial charge in [0.15, 0.2) is 5.82 Å². The molecule has 0 aromatic carbocycles. The fourth-order valence-corrected chi connectivity index (χ4v) is 3.08. The zero-order valence-electron chi connectivity index (χ0n) is 10.1. The third-order valence-corrected chi connectivity index (χ3v) is 4.45. The molecule has 1 aromatic heterocycles. The summed E-state index contributed by atoms with van der Waals surface area (Å²) in [6, 6.07) is 0. The molecule has 6 heteroatoms. The number of anilines is 2. The molecule has 0 aliphatic heterocycles. The summed E-state index contributed by atoms with van der Waals surface area (Å²) in [4.78, 5) is 1.06. The normalized spacial score (nSPS) is 15.1. The van der Waals surface area contributed by atoms with Gasteiger partial charge in [-0.05, 0) is 43.0 Å². The largest absolute Gasteiger partial charge is 0.382 e. The molecule has 0 unspecified atom stereocenters. The number of rotatable bonds is 8. The monoisotopic (exact) mass is 273 g/mol. The zero-order chi connectivity index (χ0) is 12.1.